The molecular weight excluding hydrogens is 530 g/mol. The largest absolute Gasteiger partial charge is 0.508 e. The fourth-order valence-electron chi connectivity index (χ4n) is 4.93. The number of hydrogen-bond acceptors (Lipinski definition) is 5. The fourth-order valence-corrected chi connectivity index (χ4v) is 4.93. The maximum absolute atomic E-state index is 14.4. The number of aromatic hydroxyl groups is 1. The van der Waals surface area contributed by atoms with Crippen LogP contribution >= 0.6 is 0 Å². The molecule has 0 aliphatic heterocycles. The minimum absolute atomic E-state index is 0.0823. The summed E-state index contributed by atoms with van der Waals surface area (Å²) in [5, 5.41) is 16.7. The number of phenols is 1. The molecule has 0 saturated carbocycles. The van der Waals surface area contributed by atoms with Crippen LogP contribution in [0.2, 0.25) is 0 Å². The zero-order valence-corrected chi connectivity index (χ0v) is 26.8. The monoisotopic (exact) mass is 581 g/mol. The first kappa shape index (κ1) is 34.7. The van der Waals surface area contributed by atoms with Crippen LogP contribution in [-0.4, -0.2) is 46.1 Å². The summed E-state index contributed by atoms with van der Waals surface area (Å²) in [4.78, 5) is 42.8. The Balaban J connectivity index is 2.55. The van der Waals surface area contributed by atoms with Gasteiger partial charge in [-0.2, -0.15) is 0 Å². The zero-order chi connectivity index (χ0) is 31.4. The van der Waals surface area contributed by atoms with Crippen molar-refractivity contribution in [3.8, 4) is 5.75 Å². The normalized spacial score (nSPS) is 12.9. The molecule has 0 aliphatic rings. The lowest BCUT2D eigenvalue weighted by atomic mass is 9.97. The van der Waals surface area contributed by atoms with Gasteiger partial charge in [-0.25, -0.2) is 4.79 Å². The molecule has 2 rings (SSSR count). The van der Waals surface area contributed by atoms with Crippen molar-refractivity contribution in [3.05, 3.63) is 59.2 Å². The molecule has 2 aromatic carbocycles. The highest BCUT2D eigenvalue weighted by atomic mass is 16.6. The first-order valence-corrected chi connectivity index (χ1v) is 15.2. The van der Waals surface area contributed by atoms with E-state index < -0.39 is 35.6 Å². The number of unbranched alkanes of at least 4 members (excludes halogenated alkanes) is 5. The van der Waals surface area contributed by atoms with Gasteiger partial charge in [-0.05, 0) is 64.2 Å². The van der Waals surface area contributed by atoms with Gasteiger partial charge in [0.1, 0.15) is 23.4 Å². The average Bonchev–Trinajstić information content (AvgIpc) is 2.90. The van der Waals surface area contributed by atoms with Crippen molar-refractivity contribution in [2.75, 3.05) is 11.9 Å². The Hall–Kier alpha value is -3.55. The Kier molecular flexibility index (Phi) is 13.4. The summed E-state index contributed by atoms with van der Waals surface area (Å²) in [6.07, 6.45) is 5.27. The maximum Gasteiger partial charge on any atom is 0.408 e. The second-order valence-electron chi connectivity index (χ2n) is 12.4. The number of alkyl carbamates (subject to hydrolysis) is 1. The summed E-state index contributed by atoms with van der Waals surface area (Å²) >= 11 is 0. The summed E-state index contributed by atoms with van der Waals surface area (Å²) < 4.78 is 5.46. The third-order valence-corrected chi connectivity index (χ3v) is 7.16. The Morgan fingerprint density at radius 3 is 2.07 bits per heavy atom. The standard InChI is InChI=1S/C34H51N3O5/c1-9-10-11-12-13-16-22-37(32(40)28(23(2)3)36-33(41)42-34(6,7)8)30(26-20-14-15-21-27(26)38)31(39)35-29-24(4)18-17-19-25(29)5/h14-15,17-21,23,28,30,38H,9-13,16,22H2,1-8H3,(H,35,39)(H,36,41). The lowest BCUT2D eigenvalue weighted by Gasteiger charge is -2.36. The van der Waals surface area contributed by atoms with Gasteiger partial charge in [0.15, 0.2) is 0 Å². The molecule has 8 heteroatoms. The molecule has 3 N–H and O–H groups in total. The number of anilines is 1. The number of rotatable bonds is 14. The van der Waals surface area contributed by atoms with E-state index in [4.69, 9.17) is 4.74 Å². The molecule has 0 saturated heterocycles. The first-order chi connectivity index (χ1) is 19.8. The maximum atomic E-state index is 14.4. The van der Waals surface area contributed by atoms with Gasteiger partial charge >= 0.3 is 6.09 Å². The van der Waals surface area contributed by atoms with Crippen LogP contribution in [0.25, 0.3) is 0 Å². The SMILES string of the molecule is CCCCCCCCN(C(=O)C(NC(=O)OC(C)(C)C)C(C)C)C(C(=O)Nc1c(C)cccc1C)c1ccccc1O. The zero-order valence-electron chi connectivity index (χ0n) is 26.8. The Bertz CT molecular complexity index is 1170. The molecule has 2 atom stereocenters. The van der Waals surface area contributed by atoms with Gasteiger partial charge in [0, 0.05) is 17.8 Å². The van der Waals surface area contributed by atoms with Gasteiger partial charge in [0.25, 0.3) is 5.91 Å². The van der Waals surface area contributed by atoms with Crippen molar-refractivity contribution in [1.29, 1.82) is 0 Å². The molecule has 2 aromatic rings. The van der Waals surface area contributed by atoms with E-state index in [1.165, 1.54) is 11.0 Å². The van der Waals surface area contributed by atoms with Crippen LogP contribution < -0.4 is 10.6 Å². The fraction of sp³-hybridized carbons (Fsp3) is 0.559. The average molecular weight is 582 g/mol. The van der Waals surface area contributed by atoms with Gasteiger partial charge in [-0.15, -0.1) is 0 Å². The van der Waals surface area contributed by atoms with E-state index >= 15 is 0 Å². The van der Waals surface area contributed by atoms with Gasteiger partial charge in [0.05, 0.1) is 0 Å². The number of hydrogen-bond donors (Lipinski definition) is 3. The third kappa shape index (κ3) is 10.4. The molecule has 0 heterocycles. The van der Waals surface area contributed by atoms with Crippen LogP contribution in [0.15, 0.2) is 42.5 Å². The van der Waals surface area contributed by atoms with Crippen LogP contribution in [0, 0.1) is 19.8 Å². The summed E-state index contributed by atoms with van der Waals surface area (Å²) in [6.45, 7) is 15.2. The van der Waals surface area contributed by atoms with Crippen molar-refractivity contribution in [2.24, 2.45) is 5.92 Å². The number of nitrogens with zero attached hydrogens (tertiary/aromatic N) is 1. The summed E-state index contributed by atoms with van der Waals surface area (Å²) in [6, 6.07) is 10.3. The molecule has 0 fully saturated rings. The van der Waals surface area contributed by atoms with Crippen molar-refractivity contribution in [3.63, 3.8) is 0 Å². The number of aryl methyl sites for hydroxylation is 2. The molecule has 8 nitrogen and oxygen atoms in total. The highest BCUT2D eigenvalue weighted by Crippen LogP contribution is 2.32. The number of benzene rings is 2. The number of ether oxygens (including phenoxy) is 1. The topological polar surface area (TPSA) is 108 Å². The van der Waals surface area contributed by atoms with Crippen LogP contribution in [0.5, 0.6) is 5.75 Å². The van der Waals surface area contributed by atoms with Crippen molar-refractivity contribution in [1.82, 2.24) is 10.2 Å². The molecule has 2 unspecified atom stereocenters. The van der Waals surface area contributed by atoms with E-state index in [9.17, 15) is 19.5 Å². The van der Waals surface area contributed by atoms with E-state index in [1.54, 1.807) is 39.0 Å². The van der Waals surface area contributed by atoms with Crippen molar-refractivity contribution in [2.45, 2.75) is 112 Å². The lowest BCUT2D eigenvalue weighted by molar-refractivity contribution is -0.141. The van der Waals surface area contributed by atoms with Gasteiger partial charge < -0.3 is 25.4 Å². The number of para-hydroxylation sites is 2. The van der Waals surface area contributed by atoms with E-state index in [2.05, 4.69) is 17.6 Å². The predicted octanol–water partition coefficient (Wildman–Crippen LogP) is 7.43. The smallest absolute Gasteiger partial charge is 0.408 e. The van der Waals surface area contributed by atoms with E-state index in [0.717, 1.165) is 43.2 Å². The molecule has 0 aromatic heterocycles. The molecule has 232 valence electrons. The number of carbonyl (C=O) groups is 3. The van der Waals surface area contributed by atoms with Gasteiger partial charge in [-0.3, -0.25) is 9.59 Å². The summed E-state index contributed by atoms with van der Waals surface area (Å²) in [5.74, 6) is -1.22. The van der Waals surface area contributed by atoms with Gasteiger partial charge in [0.2, 0.25) is 5.91 Å². The Morgan fingerprint density at radius 2 is 1.50 bits per heavy atom. The minimum Gasteiger partial charge on any atom is -0.508 e. The van der Waals surface area contributed by atoms with Crippen LogP contribution in [0.3, 0.4) is 0 Å². The summed E-state index contributed by atoms with van der Waals surface area (Å²) in [7, 11) is 0. The molecular formula is C34H51N3O5. The second-order valence-corrected chi connectivity index (χ2v) is 12.4. The summed E-state index contributed by atoms with van der Waals surface area (Å²) in [5.41, 5.74) is 2.03. The van der Waals surface area contributed by atoms with E-state index in [0.29, 0.717) is 17.7 Å². The molecule has 0 spiro atoms. The molecule has 0 bridgehead atoms. The minimum atomic E-state index is -1.13. The van der Waals surface area contributed by atoms with Crippen molar-refractivity contribution >= 4 is 23.6 Å². The van der Waals surface area contributed by atoms with Crippen LogP contribution in [0.1, 0.15) is 103 Å². The Labute approximate surface area is 252 Å². The number of carbonyl (C=O) groups excluding carboxylic acids is 3. The number of nitrogens with one attached hydrogen (secondary N) is 2. The lowest BCUT2D eigenvalue weighted by Crippen LogP contribution is -2.54. The molecule has 3 amide bonds. The predicted molar refractivity (Wildman–Crippen MR) is 168 cm³/mol. The van der Waals surface area contributed by atoms with E-state index in [-0.39, 0.29) is 18.2 Å². The van der Waals surface area contributed by atoms with E-state index in [1.807, 2.05) is 45.9 Å². The Morgan fingerprint density at radius 1 is 0.905 bits per heavy atom. The van der Waals surface area contributed by atoms with Crippen LogP contribution in [-0.2, 0) is 14.3 Å². The highest BCUT2D eigenvalue weighted by molar-refractivity contribution is 6.00. The molecule has 0 radical (unpaired) electrons. The number of amides is 3. The highest BCUT2D eigenvalue weighted by Gasteiger charge is 2.38. The third-order valence-electron chi connectivity index (χ3n) is 7.16. The molecule has 42 heavy (non-hydrogen) atoms. The second kappa shape index (κ2) is 16.2. The first-order valence-electron chi connectivity index (χ1n) is 15.2. The molecule has 0 aliphatic carbocycles. The van der Waals surface area contributed by atoms with Gasteiger partial charge in [-0.1, -0.05) is 89.3 Å². The quantitative estimate of drug-likeness (QED) is 0.201. The van der Waals surface area contributed by atoms with Crippen molar-refractivity contribution < 1.29 is 24.2 Å². The van der Waals surface area contributed by atoms with Crippen LogP contribution in [0.4, 0.5) is 10.5 Å². The number of phenolic OH excluding ortho intramolecular Hbond substituents is 1.